The molecule has 0 spiro atoms. The molecule has 1 aliphatic carbocycles. The third-order valence-corrected chi connectivity index (χ3v) is 8.38. The Balaban J connectivity index is 1.61. The summed E-state index contributed by atoms with van der Waals surface area (Å²) in [5, 5.41) is 0.629. The topological polar surface area (TPSA) is 62.1 Å². The lowest BCUT2D eigenvalue weighted by Crippen LogP contribution is -2.38. The van der Waals surface area contributed by atoms with Crippen molar-refractivity contribution >= 4 is 34.7 Å². The number of hydrogen-bond donors (Lipinski definition) is 0. The second-order valence-corrected chi connectivity index (χ2v) is 10.5. The van der Waals surface area contributed by atoms with Crippen LogP contribution < -0.4 is 29.1 Å². The van der Waals surface area contributed by atoms with Crippen LogP contribution in [0.5, 0.6) is 17.2 Å². The van der Waals surface area contributed by atoms with Gasteiger partial charge >= 0.3 is 0 Å². The van der Waals surface area contributed by atoms with Gasteiger partial charge in [0.2, 0.25) is 5.75 Å². The Labute approximate surface area is 228 Å². The number of ether oxygens (including phenoxy) is 3. The minimum Gasteiger partial charge on any atom is -0.493 e. The molecule has 4 aromatic rings. The van der Waals surface area contributed by atoms with Gasteiger partial charge in [-0.25, -0.2) is 4.99 Å². The van der Waals surface area contributed by atoms with Crippen LogP contribution in [-0.2, 0) is 6.42 Å². The maximum absolute atomic E-state index is 14.0. The molecule has 3 aromatic carbocycles. The molecule has 6 nitrogen and oxygen atoms in total. The molecule has 0 fully saturated rings. The van der Waals surface area contributed by atoms with Crippen LogP contribution in [0, 0.1) is 0 Å². The molecule has 8 heteroatoms. The van der Waals surface area contributed by atoms with E-state index in [1.54, 1.807) is 25.9 Å². The Morgan fingerprint density at radius 2 is 1.68 bits per heavy atom. The second kappa shape index (κ2) is 9.82. The quantitative estimate of drug-likeness (QED) is 0.355. The molecule has 2 heterocycles. The molecule has 1 aromatic heterocycles. The lowest BCUT2D eigenvalue weighted by atomic mass is 9.83. The predicted molar refractivity (Wildman–Crippen MR) is 150 cm³/mol. The van der Waals surface area contributed by atoms with E-state index in [0.717, 1.165) is 40.8 Å². The Bertz CT molecular complexity index is 1760. The number of methoxy groups -OCH3 is 3. The first kappa shape index (κ1) is 24.5. The van der Waals surface area contributed by atoms with Crippen LogP contribution in [-0.4, -0.2) is 25.9 Å². The van der Waals surface area contributed by atoms with E-state index in [9.17, 15) is 4.79 Å². The van der Waals surface area contributed by atoms with Gasteiger partial charge in [-0.3, -0.25) is 9.36 Å². The fraction of sp³-hybridized carbons (Fsp3) is 0.200. The molecule has 1 unspecified atom stereocenters. The van der Waals surface area contributed by atoms with Gasteiger partial charge in [0.25, 0.3) is 5.56 Å². The van der Waals surface area contributed by atoms with Gasteiger partial charge < -0.3 is 14.2 Å². The maximum Gasteiger partial charge on any atom is 0.271 e. The first-order valence-electron chi connectivity index (χ1n) is 12.2. The van der Waals surface area contributed by atoms with Gasteiger partial charge in [-0.15, -0.1) is 0 Å². The number of allylic oxidation sites excluding steroid dienone is 1. The van der Waals surface area contributed by atoms with Crippen molar-refractivity contribution in [2.75, 3.05) is 21.3 Å². The summed E-state index contributed by atoms with van der Waals surface area (Å²) in [5.41, 5.74) is 5.99. The van der Waals surface area contributed by atoms with Gasteiger partial charge in [-0.05, 0) is 59.4 Å². The lowest BCUT2D eigenvalue weighted by Gasteiger charge is -2.31. The maximum atomic E-state index is 14.0. The number of thiazole rings is 1. The van der Waals surface area contributed by atoms with E-state index < -0.39 is 0 Å². The van der Waals surface area contributed by atoms with Crippen molar-refractivity contribution in [1.29, 1.82) is 0 Å². The van der Waals surface area contributed by atoms with Crippen molar-refractivity contribution in [2.45, 2.75) is 18.9 Å². The van der Waals surface area contributed by atoms with Gasteiger partial charge in [0, 0.05) is 10.6 Å². The fourth-order valence-corrected chi connectivity index (χ4v) is 6.57. The molecule has 0 radical (unpaired) electrons. The molecule has 192 valence electrons. The van der Waals surface area contributed by atoms with E-state index in [0.29, 0.717) is 31.6 Å². The van der Waals surface area contributed by atoms with E-state index in [2.05, 4.69) is 18.2 Å². The summed E-state index contributed by atoms with van der Waals surface area (Å²) in [6.45, 7) is 0. The van der Waals surface area contributed by atoms with Crippen LogP contribution in [0.2, 0.25) is 5.02 Å². The van der Waals surface area contributed by atoms with Crippen molar-refractivity contribution in [3.05, 3.63) is 113 Å². The van der Waals surface area contributed by atoms with Crippen molar-refractivity contribution < 1.29 is 14.2 Å². The molecule has 0 amide bonds. The summed E-state index contributed by atoms with van der Waals surface area (Å²) < 4.78 is 18.8. The number of aromatic nitrogens is 1. The molecule has 0 saturated heterocycles. The summed E-state index contributed by atoms with van der Waals surface area (Å²) >= 11 is 8.09. The highest BCUT2D eigenvalue weighted by molar-refractivity contribution is 7.07. The molecular formula is C30H25ClN2O4S. The number of hydrogen-bond acceptors (Lipinski definition) is 6. The highest BCUT2D eigenvalue weighted by Crippen LogP contribution is 2.43. The SMILES string of the molecule is COc1cc(C=c2sc3n(c2=O)C(c2ccccc2Cl)C2=C(N=3)c3ccccc3CC2)cc(OC)c1OC. The highest BCUT2D eigenvalue weighted by Gasteiger charge is 2.33. The summed E-state index contributed by atoms with van der Waals surface area (Å²) in [6.07, 6.45) is 3.54. The standard InChI is InChI=1S/C30H25ClN2O4S/c1-35-23-14-17(15-24(36-2)28(23)37-3)16-25-29(34)33-27(20-10-6-7-11-22(20)31)21-13-12-18-8-4-5-9-19(18)26(21)32-30(33)38-25/h4-11,14-16,27H,12-13H2,1-3H3. The number of rotatable bonds is 5. The highest BCUT2D eigenvalue weighted by atomic mass is 35.5. The number of halogens is 1. The van der Waals surface area contributed by atoms with Crippen molar-refractivity contribution in [3.8, 4) is 17.2 Å². The summed E-state index contributed by atoms with van der Waals surface area (Å²) in [7, 11) is 4.70. The first-order chi connectivity index (χ1) is 18.5. The smallest absolute Gasteiger partial charge is 0.271 e. The largest absolute Gasteiger partial charge is 0.493 e. The summed E-state index contributed by atoms with van der Waals surface area (Å²) in [6, 6.07) is 19.4. The van der Waals surface area contributed by atoms with Crippen molar-refractivity contribution in [2.24, 2.45) is 4.99 Å². The summed E-state index contributed by atoms with van der Waals surface area (Å²) in [4.78, 5) is 19.7. The fourth-order valence-electron chi connectivity index (χ4n) is 5.33. The molecule has 1 aliphatic heterocycles. The minimum atomic E-state index is -0.328. The van der Waals surface area contributed by atoms with Crippen LogP contribution in [0.25, 0.3) is 11.8 Å². The molecule has 1 atom stereocenters. The predicted octanol–water partition coefficient (Wildman–Crippen LogP) is 5.00. The first-order valence-corrected chi connectivity index (χ1v) is 13.4. The number of benzene rings is 3. The van der Waals surface area contributed by atoms with E-state index in [1.165, 1.54) is 16.9 Å². The lowest BCUT2D eigenvalue weighted by molar-refractivity contribution is 0.324. The average molecular weight is 545 g/mol. The zero-order chi connectivity index (χ0) is 26.4. The monoisotopic (exact) mass is 544 g/mol. The van der Waals surface area contributed by atoms with Gasteiger partial charge in [0.1, 0.15) is 0 Å². The van der Waals surface area contributed by atoms with E-state index in [-0.39, 0.29) is 11.6 Å². The summed E-state index contributed by atoms with van der Waals surface area (Å²) in [5.74, 6) is 1.54. The number of fused-ring (bicyclic) bond motifs is 3. The van der Waals surface area contributed by atoms with E-state index in [4.69, 9.17) is 30.8 Å². The third-order valence-electron chi connectivity index (χ3n) is 7.06. The molecule has 0 bridgehead atoms. The molecule has 0 N–H and O–H groups in total. The third kappa shape index (κ3) is 3.94. The Morgan fingerprint density at radius 1 is 0.974 bits per heavy atom. The van der Waals surface area contributed by atoms with Gasteiger partial charge in [0.05, 0.1) is 37.6 Å². The van der Waals surface area contributed by atoms with Crippen LogP contribution in [0.3, 0.4) is 0 Å². The molecule has 6 rings (SSSR count). The molecular weight excluding hydrogens is 520 g/mol. The van der Waals surface area contributed by atoms with Crippen molar-refractivity contribution in [3.63, 3.8) is 0 Å². The Kier molecular flexibility index (Phi) is 6.33. The Hall–Kier alpha value is -3.81. The van der Waals surface area contributed by atoms with E-state index >= 15 is 0 Å². The zero-order valence-corrected chi connectivity index (χ0v) is 22.7. The van der Waals surface area contributed by atoms with Crippen molar-refractivity contribution in [1.82, 2.24) is 4.57 Å². The Morgan fingerprint density at radius 3 is 2.39 bits per heavy atom. The second-order valence-electron chi connectivity index (χ2n) is 9.09. The van der Waals surface area contributed by atoms with E-state index in [1.807, 2.05) is 48.5 Å². The average Bonchev–Trinajstić information content (AvgIpc) is 3.25. The van der Waals surface area contributed by atoms with Gasteiger partial charge in [-0.1, -0.05) is 65.4 Å². The minimum absolute atomic E-state index is 0.113. The number of nitrogens with zero attached hydrogens (tertiary/aromatic N) is 2. The van der Waals surface area contributed by atoms with Crippen LogP contribution in [0.15, 0.2) is 76.0 Å². The van der Waals surface area contributed by atoms with Crippen LogP contribution in [0.4, 0.5) is 0 Å². The van der Waals surface area contributed by atoms with Gasteiger partial charge in [-0.2, -0.15) is 0 Å². The van der Waals surface area contributed by atoms with Gasteiger partial charge in [0.15, 0.2) is 16.3 Å². The zero-order valence-electron chi connectivity index (χ0n) is 21.2. The molecule has 2 aliphatic rings. The number of aryl methyl sites for hydroxylation is 1. The van der Waals surface area contributed by atoms with Crippen LogP contribution >= 0.6 is 22.9 Å². The van der Waals surface area contributed by atoms with Crippen LogP contribution in [0.1, 0.15) is 34.7 Å². The molecule has 38 heavy (non-hydrogen) atoms. The normalized spacial score (nSPS) is 16.3. The molecule has 0 saturated carbocycles.